The Hall–Kier alpha value is -3.44. The van der Waals surface area contributed by atoms with Crippen molar-refractivity contribution >= 4 is 22.8 Å². The van der Waals surface area contributed by atoms with Crippen LogP contribution >= 0.6 is 0 Å². The first-order valence-electron chi connectivity index (χ1n) is 6.50. The molecule has 0 saturated heterocycles. The average molecular weight is 358 g/mol. The summed E-state index contributed by atoms with van der Waals surface area (Å²) in [4.78, 5) is 19.8. The number of nitrogens with one attached hydrogen (secondary N) is 1. The number of halogens is 3. The number of hydrogen-bond donors (Lipinski definition) is 1. The van der Waals surface area contributed by atoms with Crippen molar-refractivity contribution in [3.8, 4) is 0 Å². The molecular formula is C13H9F3N4O5. The number of hydrazone groups is 1. The van der Waals surface area contributed by atoms with Gasteiger partial charge in [0.05, 0.1) is 15.9 Å². The van der Waals surface area contributed by atoms with Gasteiger partial charge in [-0.05, 0) is 25.1 Å². The summed E-state index contributed by atoms with van der Waals surface area (Å²) >= 11 is 0. The summed E-state index contributed by atoms with van der Waals surface area (Å²) in [6.45, 7) is 1.44. The molecule has 0 saturated carbocycles. The van der Waals surface area contributed by atoms with Gasteiger partial charge in [0.1, 0.15) is 11.4 Å². The number of non-ortho nitro benzene ring substituents is 1. The molecule has 0 amide bonds. The van der Waals surface area contributed by atoms with Gasteiger partial charge < -0.3 is 4.42 Å². The highest BCUT2D eigenvalue weighted by Crippen LogP contribution is 2.30. The smallest absolute Gasteiger partial charge is 0.438 e. The normalized spacial score (nSPS) is 12.1. The highest BCUT2D eigenvalue weighted by molar-refractivity contribution is 6.02. The van der Waals surface area contributed by atoms with E-state index in [1.807, 2.05) is 5.43 Å². The molecule has 0 atom stereocenters. The Morgan fingerprint density at radius 1 is 1.16 bits per heavy atom. The van der Waals surface area contributed by atoms with Gasteiger partial charge in [-0.3, -0.25) is 25.7 Å². The lowest BCUT2D eigenvalue weighted by molar-refractivity contribution is -0.393. The fourth-order valence-corrected chi connectivity index (χ4v) is 1.82. The molecule has 0 aliphatic heterocycles. The third-order valence-corrected chi connectivity index (χ3v) is 2.92. The van der Waals surface area contributed by atoms with Crippen molar-refractivity contribution in [1.82, 2.24) is 0 Å². The molecule has 2 rings (SSSR count). The Kier molecular flexibility index (Phi) is 4.72. The summed E-state index contributed by atoms with van der Waals surface area (Å²) in [5.74, 6) is -0.365. The van der Waals surface area contributed by atoms with Gasteiger partial charge in [0.15, 0.2) is 5.76 Å². The quantitative estimate of drug-likeness (QED) is 0.493. The third-order valence-electron chi connectivity index (χ3n) is 2.92. The fraction of sp³-hybridized carbons (Fsp3) is 0.154. The second-order valence-electron chi connectivity index (χ2n) is 4.70. The van der Waals surface area contributed by atoms with Crippen LogP contribution in [-0.2, 0) is 0 Å². The number of nitrogens with zero attached hydrogens (tertiary/aromatic N) is 3. The van der Waals surface area contributed by atoms with Gasteiger partial charge >= 0.3 is 11.9 Å². The van der Waals surface area contributed by atoms with Crippen LogP contribution in [0.2, 0.25) is 0 Å². The van der Waals surface area contributed by atoms with E-state index >= 15 is 0 Å². The monoisotopic (exact) mass is 358 g/mol. The van der Waals surface area contributed by atoms with E-state index in [0.717, 1.165) is 18.2 Å². The van der Waals surface area contributed by atoms with Crippen LogP contribution in [0.4, 0.5) is 30.2 Å². The highest BCUT2D eigenvalue weighted by Gasteiger charge is 2.39. The van der Waals surface area contributed by atoms with E-state index in [0.29, 0.717) is 6.07 Å². The van der Waals surface area contributed by atoms with Crippen molar-refractivity contribution in [3.63, 3.8) is 0 Å². The molecule has 0 bridgehead atoms. The van der Waals surface area contributed by atoms with Crippen LogP contribution in [0.15, 0.2) is 39.9 Å². The van der Waals surface area contributed by atoms with Gasteiger partial charge in [-0.25, -0.2) is 0 Å². The van der Waals surface area contributed by atoms with Crippen molar-refractivity contribution < 1.29 is 27.4 Å². The molecule has 2 aromatic rings. The third kappa shape index (κ3) is 4.10. The Bertz CT molecular complexity index is 860. The lowest BCUT2D eigenvalue weighted by atomic mass is 10.2. The first-order valence-corrected chi connectivity index (χ1v) is 6.50. The van der Waals surface area contributed by atoms with Crippen LogP contribution < -0.4 is 5.43 Å². The number of anilines is 1. The summed E-state index contributed by atoms with van der Waals surface area (Å²) in [5.41, 5.74) is -1.34. The zero-order chi connectivity index (χ0) is 18.8. The Balaban J connectivity index is 2.44. The number of rotatable bonds is 5. The van der Waals surface area contributed by atoms with E-state index in [1.165, 1.54) is 13.0 Å². The first kappa shape index (κ1) is 17.9. The molecule has 9 nitrogen and oxygen atoms in total. The van der Waals surface area contributed by atoms with E-state index in [4.69, 9.17) is 4.42 Å². The standard InChI is InChI=1S/C13H9F3N4O5/c1-7-2-5-11(25-7)12(13(14,15)16)18-17-9-4-3-8(19(21)22)6-10(9)20(23)24/h2-6,17H,1H3/b18-12+. The van der Waals surface area contributed by atoms with Crippen molar-refractivity contribution in [2.24, 2.45) is 5.10 Å². The van der Waals surface area contributed by atoms with Crippen molar-refractivity contribution in [2.45, 2.75) is 13.1 Å². The maximum atomic E-state index is 13.1. The predicted molar refractivity (Wildman–Crippen MR) is 79.4 cm³/mol. The zero-order valence-electron chi connectivity index (χ0n) is 12.4. The molecule has 132 valence electrons. The molecular weight excluding hydrogens is 349 g/mol. The second-order valence-corrected chi connectivity index (χ2v) is 4.70. The summed E-state index contributed by atoms with van der Waals surface area (Å²) in [6, 6.07) is 4.75. The lowest BCUT2D eigenvalue weighted by Crippen LogP contribution is -2.24. The van der Waals surface area contributed by atoms with E-state index in [-0.39, 0.29) is 5.76 Å². The van der Waals surface area contributed by atoms with Crippen LogP contribution in [0.5, 0.6) is 0 Å². The zero-order valence-corrected chi connectivity index (χ0v) is 12.4. The largest absolute Gasteiger partial charge is 0.460 e. The van der Waals surface area contributed by atoms with Crippen molar-refractivity contribution in [2.75, 3.05) is 5.43 Å². The molecule has 1 heterocycles. The van der Waals surface area contributed by atoms with E-state index in [1.54, 1.807) is 0 Å². The predicted octanol–water partition coefficient (Wildman–Crippen LogP) is 3.78. The number of benzene rings is 1. The SMILES string of the molecule is Cc1ccc(/C(=N\Nc2ccc([N+](=O)[O-])cc2[N+](=O)[O-])C(F)(F)F)o1. The van der Waals surface area contributed by atoms with E-state index in [2.05, 4.69) is 5.10 Å². The summed E-state index contributed by atoms with van der Waals surface area (Å²) < 4.78 is 44.2. The maximum Gasteiger partial charge on any atom is 0.438 e. The van der Waals surface area contributed by atoms with Gasteiger partial charge in [-0.2, -0.15) is 18.3 Å². The molecule has 0 unspecified atom stereocenters. The van der Waals surface area contributed by atoms with Gasteiger partial charge in [0.2, 0.25) is 5.71 Å². The maximum absolute atomic E-state index is 13.1. The van der Waals surface area contributed by atoms with E-state index in [9.17, 15) is 33.4 Å². The van der Waals surface area contributed by atoms with Gasteiger partial charge in [-0.15, -0.1) is 0 Å². The summed E-state index contributed by atoms with van der Waals surface area (Å²) in [5, 5.41) is 24.8. The van der Waals surface area contributed by atoms with Gasteiger partial charge in [0.25, 0.3) is 5.69 Å². The fourth-order valence-electron chi connectivity index (χ4n) is 1.82. The van der Waals surface area contributed by atoms with Crippen LogP contribution in [0, 0.1) is 27.2 Å². The van der Waals surface area contributed by atoms with Gasteiger partial charge in [0, 0.05) is 6.07 Å². The Labute approximate surface area is 137 Å². The molecule has 0 aliphatic rings. The molecule has 1 aromatic heterocycles. The Morgan fingerprint density at radius 3 is 2.32 bits per heavy atom. The molecule has 1 aromatic carbocycles. The minimum absolute atomic E-state index is 0.216. The molecule has 25 heavy (non-hydrogen) atoms. The van der Waals surface area contributed by atoms with Gasteiger partial charge in [-0.1, -0.05) is 0 Å². The number of nitro groups is 2. The number of nitro benzene ring substituents is 2. The highest BCUT2D eigenvalue weighted by atomic mass is 19.4. The van der Waals surface area contributed by atoms with Crippen LogP contribution in [0.25, 0.3) is 0 Å². The Morgan fingerprint density at radius 2 is 1.84 bits per heavy atom. The molecule has 1 N–H and O–H groups in total. The lowest BCUT2D eigenvalue weighted by Gasteiger charge is -2.09. The minimum atomic E-state index is -4.90. The molecule has 0 fully saturated rings. The summed E-state index contributed by atoms with van der Waals surface area (Å²) in [6.07, 6.45) is -4.90. The number of aryl methyl sites for hydroxylation is 1. The van der Waals surface area contributed by atoms with Crippen LogP contribution in [0.1, 0.15) is 11.5 Å². The number of hydrogen-bond acceptors (Lipinski definition) is 7. The average Bonchev–Trinajstić information content (AvgIpc) is 2.92. The topological polar surface area (TPSA) is 124 Å². The first-order chi connectivity index (χ1) is 11.6. The molecule has 12 heteroatoms. The van der Waals surface area contributed by atoms with Crippen LogP contribution in [0.3, 0.4) is 0 Å². The number of alkyl halides is 3. The molecule has 0 aliphatic carbocycles. The number of furan rings is 1. The van der Waals surface area contributed by atoms with E-state index < -0.39 is 44.6 Å². The molecule has 0 spiro atoms. The van der Waals surface area contributed by atoms with Crippen molar-refractivity contribution in [3.05, 3.63) is 62.1 Å². The van der Waals surface area contributed by atoms with Crippen molar-refractivity contribution in [1.29, 1.82) is 0 Å². The summed E-state index contributed by atoms with van der Waals surface area (Å²) in [7, 11) is 0. The van der Waals surface area contributed by atoms with Crippen LogP contribution in [-0.4, -0.2) is 21.7 Å². The second kappa shape index (κ2) is 6.59. The minimum Gasteiger partial charge on any atom is -0.460 e. The molecule has 0 radical (unpaired) electrons.